The molecule has 0 radical (unpaired) electrons. The molecule has 3 N–H and O–H groups in total. The summed E-state index contributed by atoms with van der Waals surface area (Å²) in [5.41, 5.74) is -0.824. The molecule has 3 heterocycles. The number of hydrogen-bond donors (Lipinski definition) is 3. The fraction of sp³-hybridized carbons (Fsp3) is 0.533. The molecular weight excluding hydrogens is 405 g/mol. The molecule has 0 aromatic carbocycles. The van der Waals surface area contributed by atoms with E-state index in [1.165, 1.54) is 6.92 Å². The van der Waals surface area contributed by atoms with Crippen LogP contribution in [0.25, 0.3) is 0 Å². The lowest BCUT2D eigenvalue weighted by Crippen LogP contribution is -2.71. The van der Waals surface area contributed by atoms with Gasteiger partial charge in [0.15, 0.2) is 11.9 Å². The molecular formula is C15H18Cl3N5O3. The number of ether oxygens (including phenoxy) is 1. The quantitative estimate of drug-likeness (QED) is 0.351. The van der Waals surface area contributed by atoms with Gasteiger partial charge < -0.3 is 15.4 Å². The molecule has 0 bridgehead atoms. The van der Waals surface area contributed by atoms with Gasteiger partial charge in [-0.25, -0.2) is 4.99 Å². The number of aliphatic imine (C=N–C) groups is 1. The third-order valence-electron chi connectivity index (χ3n) is 4.41. The molecule has 142 valence electrons. The molecule has 3 aliphatic heterocycles. The van der Waals surface area contributed by atoms with Gasteiger partial charge in [0.2, 0.25) is 5.96 Å². The average Bonchev–Trinajstić information content (AvgIpc) is 3.04. The van der Waals surface area contributed by atoms with Gasteiger partial charge in [0.1, 0.15) is 0 Å². The number of carbonyl (C=O) groups excluding carboxylic acids is 2. The molecule has 8 nitrogen and oxygen atoms in total. The third kappa shape index (κ3) is 3.10. The Labute approximate surface area is 165 Å². The van der Waals surface area contributed by atoms with E-state index >= 15 is 0 Å². The van der Waals surface area contributed by atoms with E-state index in [1.54, 1.807) is 11.0 Å². The molecule has 3 aliphatic rings. The predicted molar refractivity (Wildman–Crippen MR) is 98.4 cm³/mol. The number of amides is 1. The summed E-state index contributed by atoms with van der Waals surface area (Å²) in [7, 11) is 0. The summed E-state index contributed by atoms with van der Waals surface area (Å²) in [6, 6.07) is -0.394. The summed E-state index contributed by atoms with van der Waals surface area (Å²) in [6.45, 7) is 7.19. The van der Waals surface area contributed by atoms with Crippen molar-refractivity contribution in [2.45, 2.75) is 48.0 Å². The van der Waals surface area contributed by atoms with Crippen molar-refractivity contribution in [1.29, 1.82) is 0 Å². The molecule has 0 aromatic heterocycles. The SMILES string of the molecule is C=C1N[C@H]2[C@H](CC)N=C(NC(=O)C(Cl)(Cl)Cl)N3[C@@H](OC(C)=O)C=C[C@]23N1. The van der Waals surface area contributed by atoms with Crippen LogP contribution >= 0.6 is 34.8 Å². The van der Waals surface area contributed by atoms with Crippen molar-refractivity contribution in [2.75, 3.05) is 0 Å². The molecule has 0 aliphatic carbocycles. The summed E-state index contributed by atoms with van der Waals surface area (Å²) in [5, 5.41) is 9.04. The maximum atomic E-state index is 12.2. The monoisotopic (exact) mass is 421 g/mol. The van der Waals surface area contributed by atoms with Crippen LogP contribution in [0.15, 0.2) is 29.5 Å². The van der Waals surface area contributed by atoms with Crippen molar-refractivity contribution in [3.8, 4) is 0 Å². The number of guanidine groups is 1. The van der Waals surface area contributed by atoms with Crippen molar-refractivity contribution in [2.24, 2.45) is 4.99 Å². The number of rotatable bonds is 2. The topological polar surface area (TPSA) is 95.1 Å². The normalized spacial score (nSPS) is 32.2. The fourth-order valence-corrected chi connectivity index (χ4v) is 3.59. The molecule has 1 amide bonds. The summed E-state index contributed by atoms with van der Waals surface area (Å²) >= 11 is 17.0. The average molecular weight is 423 g/mol. The number of nitrogens with one attached hydrogen (secondary N) is 3. The molecule has 26 heavy (non-hydrogen) atoms. The van der Waals surface area contributed by atoms with Gasteiger partial charge in [0, 0.05) is 6.92 Å². The number of carbonyl (C=O) groups is 2. The summed E-state index contributed by atoms with van der Waals surface area (Å²) < 4.78 is 3.19. The van der Waals surface area contributed by atoms with E-state index in [1.807, 2.05) is 13.0 Å². The molecule has 0 saturated carbocycles. The number of nitrogens with zero attached hydrogens (tertiary/aromatic N) is 2. The minimum Gasteiger partial charge on any atom is -0.438 e. The van der Waals surface area contributed by atoms with Crippen LogP contribution in [0.1, 0.15) is 20.3 Å². The van der Waals surface area contributed by atoms with E-state index in [0.29, 0.717) is 12.2 Å². The van der Waals surface area contributed by atoms with Crippen molar-refractivity contribution < 1.29 is 14.3 Å². The van der Waals surface area contributed by atoms with Crippen LogP contribution in [0.3, 0.4) is 0 Å². The number of hydrogen-bond acceptors (Lipinski definition) is 7. The van der Waals surface area contributed by atoms with Crippen molar-refractivity contribution in [1.82, 2.24) is 20.9 Å². The van der Waals surface area contributed by atoms with Crippen LogP contribution in [-0.4, -0.2) is 50.5 Å². The van der Waals surface area contributed by atoms with Gasteiger partial charge in [-0.05, 0) is 18.6 Å². The van der Waals surface area contributed by atoms with Gasteiger partial charge in [-0.3, -0.25) is 19.8 Å². The minimum absolute atomic E-state index is 0.143. The molecule has 4 atom stereocenters. The minimum atomic E-state index is -2.16. The molecule has 1 saturated heterocycles. The Morgan fingerprint density at radius 2 is 2.19 bits per heavy atom. The van der Waals surface area contributed by atoms with Crippen molar-refractivity contribution in [3.05, 3.63) is 24.6 Å². The highest BCUT2D eigenvalue weighted by Crippen LogP contribution is 2.39. The first kappa shape index (κ1) is 19.1. The lowest BCUT2D eigenvalue weighted by molar-refractivity contribution is -0.151. The lowest BCUT2D eigenvalue weighted by Gasteiger charge is -2.47. The van der Waals surface area contributed by atoms with Crippen LogP contribution in [0.2, 0.25) is 0 Å². The highest BCUT2D eigenvalue weighted by atomic mass is 35.6. The second kappa shape index (κ2) is 6.51. The number of esters is 1. The zero-order valence-electron chi connectivity index (χ0n) is 14.1. The first-order valence-corrected chi connectivity index (χ1v) is 9.07. The standard InChI is InChI=1S/C15H18Cl3N5O3/c1-4-9-11-14(22-7(2)19-11)6-5-10(26-8(3)24)23(14)13(20-9)21-12(25)15(16,17)18/h5-6,9-11,19,22H,2,4H2,1,3H3,(H,20,21,25)/t9-,10-,11-,14+/m0/s1. The molecule has 1 fully saturated rings. The Balaban J connectivity index is 2.03. The van der Waals surface area contributed by atoms with Crippen molar-refractivity contribution in [3.63, 3.8) is 0 Å². The van der Waals surface area contributed by atoms with Crippen LogP contribution < -0.4 is 16.0 Å². The lowest BCUT2D eigenvalue weighted by atomic mass is 9.91. The Hall–Kier alpha value is -1.64. The van der Waals surface area contributed by atoms with E-state index in [4.69, 9.17) is 39.5 Å². The fourth-order valence-electron chi connectivity index (χ4n) is 3.45. The third-order valence-corrected chi connectivity index (χ3v) is 4.93. The maximum Gasteiger partial charge on any atom is 0.304 e. The summed E-state index contributed by atoms with van der Waals surface area (Å²) in [5.74, 6) is -0.605. The van der Waals surface area contributed by atoms with Gasteiger partial charge >= 0.3 is 5.97 Å². The smallest absolute Gasteiger partial charge is 0.304 e. The largest absolute Gasteiger partial charge is 0.438 e. The van der Waals surface area contributed by atoms with Gasteiger partial charge in [0.25, 0.3) is 9.70 Å². The Kier molecular flexibility index (Phi) is 4.79. The first-order chi connectivity index (χ1) is 12.1. The summed E-state index contributed by atoms with van der Waals surface area (Å²) in [6.07, 6.45) is 3.45. The summed E-state index contributed by atoms with van der Waals surface area (Å²) in [4.78, 5) is 29.9. The van der Waals surface area contributed by atoms with Crippen LogP contribution in [0.4, 0.5) is 0 Å². The van der Waals surface area contributed by atoms with Crippen molar-refractivity contribution >= 4 is 52.6 Å². The highest BCUT2D eigenvalue weighted by Gasteiger charge is 2.59. The van der Waals surface area contributed by atoms with E-state index in [2.05, 4.69) is 27.5 Å². The van der Waals surface area contributed by atoms with Gasteiger partial charge in [-0.15, -0.1) is 0 Å². The second-order valence-electron chi connectivity index (χ2n) is 6.16. The van der Waals surface area contributed by atoms with Crippen LogP contribution in [-0.2, 0) is 14.3 Å². The molecule has 0 aromatic rings. The van der Waals surface area contributed by atoms with Gasteiger partial charge in [0.05, 0.1) is 17.9 Å². The Bertz CT molecular complexity index is 720. The van der Waals surface area contributed by atoms with E-state index in [-0.39, 0.29) is 18.0 Å². The number of alkyl halides is 3. The maximum absolute atomic E-state index is 12.2. The Morgan fingerprint density at radius 3 is 2.77 bits per heavy atom. The van der Waals surface area contributed by atoms with Crippen LogP contribution in [0.5, 0.6) is 0 Å². The van der Waals surface area contributed by atoms with E-state index in [9.17, 15) is 9.59 Å². The first-order valence-electron chi connectivity index (χ1n) is 7.94. The van der Waals surface area contributed by atoms with Crippen LogP contribution in [0, 0.1) is 0 Å². The van der Waals surface area contributed by atoms with E-state index in [0.717, 1.165) is 0 Å². The van der Waals surface area contributed by atoms with E-state index < -0.39 is 27.6 Å². The molecule has 11 heteroatoms. The second-order valence-corrected chi connectivity index (χ2v) is 8.44. The predicted octanol–water partition coefficient (Wildman–Crippen LogP) is 1.11. The Morgan fingerprint density at radius 1 is 1.50 bits per heavy atom. The molecule has 0 unspecified atom stereocenters. The zero-order valence-corrected chi connectivity index (χ0v) is 16.3. The van der Waals surface area contributed by atoms with Gasteiger partial charge in [-0.1, -0.05) is 48.3 Å². The molecule has 1 spiro atoms. The molecule has 3 rings (SSSR count). The van der Waals surface area contributed by atoms with Gasteiger partial charge in [-0.2, -0.15) is 0 Å². The zero-order chi connectivity index (χ0) is 19.3. The highest BCUT2D eigenvalue weighted by molar-refractivity contribution is 6.76. The number of halogens is 3.